The number of piperazine rings is 1. The molecule has 45 heavy (non-hydrogen) atoms. The van der Waals surface area contributed by atoms with E-state index in [9.17, 15) is 19.2 Å². The molecule has 0 spiro atoms. The van der Waals surface area contributed by atoms with Gasteiger partial charge in [0.1, 0.15) is 23.7 Å². The third-order valence-electron chi connectivity index (χ3n) is 10.3. The number of carbonyl (C=O) groups is 4. The molecule has 5 atom stereocenters. The first-order valence-corrected chi connectivity index (χ1v) is 17.1. The second-order valence-electron chi connectivity index (χ2n) is 14.6. The number of fused-ring (bicyclic) bond motifs is 2. The van der Waals surface area contributed by atoms with E-state index in [-0.39, 0.29) is 29.8 Å². The molecule has 2 saturated heterocycles. The summed E-state index contributed by atoms with van der Waals surface area (Å²) in [6, 6.07) is 6.22. The van der Waals surface area contributed by atoms with Gasteiger partial charge in [0.15, 0.2) is 0 Å². The molecule has 1 saturated carbocycles. The van der Waals surface area contributed by atoms with Crippen LogP contribution in [0.2, 0.25) is 0 Å². The molecule has 0 radical (unpaired) electrons. The largest absolute Gasteiger partial charge is 0.444 e. The monoisotopic (exact) mass is 623 g/mol. The van der Waals surface area contributed by atoms with Gasteiger partial charge in [0.2, 0.25) is 17.7 Å². The van der Waals surface area contributed by atoms with E-state index < -0.39 is 35.7 Å². The highest BCUT2D eigenvalue weighted by atomic mass is 16.6. The third kappa shape index (κ3) is 7.81. The number of benzene rings is 1. The summed E-state index contributed by atoms with van der Waals surface area (Å²) in [4.78, 5) is 60.6. The first kappa shape index (κ1) is 33.2. The van der Waals surface area contributed by atoms with Gasteiger partial charge in [0, 0.05) is 26.2 Å². The lowest BCUT2D eigenvalue weighted by atomic mass is 9.82. The molecule has 10 heteroatoms. The molecule has 2 N–H and O–H groups in total. The highest BCUT2D eigenvalue weighted by Crippen LogP contribution is 2.33. The van der Waals surface area contributed by atoms with Crippen LogP contribution in [0, 0.1) is 5.92 Å². The molecule has 248 valence electrons. The van der Waals surface area contributed by atoms with Gasteiger partial charge in [-0.1, -0.05) is 43.5 Å². The van der Waals surface area contributed by atoms with Crippen molar-refractivity contribution >= 4 is 23.8 Å². The highest BCUT2D eigenvalue weighted by molar-refractivity contribution is 5.94. The van der Waals surface area contributed by atoms with Crippen LogP contribution >= 0.6 is 0 Å². The van der Waals surface area contributed by atoms with Crippen molar-refractivity contribution in [3.8, 4) is 0 Å². The van der Waals surface area contributed by atoms with E-state index in [1.165, 1.54) is 16.0 Å². The predicted octanol–water partition coefficient (Wildman–Crippen LogP) is 4.18. The van der Waals surface area contributed by atoms with Gasteiger partial charge in [0.25, 0.3) is 0 Å². The van der Waals surface area contributed by atoms with Crippen LogP contribution < -0.4 is 10.6 Å². The first-order chi connectivity index (χ1) is 21.4. The molecular formula is C35H53N5O5. The summed E-state index contributed by atoms with van der Waals surface area (Å²) in [6.07, 6.45) is 9.13. The van der Waals surface area contributed by atoms with Gasteiger partial charge in [-0.3, -0.25) is 24.2 Å². The molecule has 3 fully saturated rings. The van der Waals surface area contributed by atoms with Crippen molar-refractivity contribution in [2.75, 3.05) is 26.7 Å². The number of hydrogen-bond donors (Lipinski definition) is 2. The van der Waals surface area contributed by atoms with Crippen LogP contribution in [0.25, 0.3) is 0 Å². The topological polar surface area (TPSA) is 111 Å². The zero-order valence-electron chi connectivity index (χ0n) is 27.8. The Bertz CT molecular complexity index is 1240. The molecule has 4 aliphatic rings. The smallest absolute Gasteiger partial charge is 0.410 e. The summed E-state index contributed by atoms with van der Waals surface area (Å²) < 4.78 is 5.48. The summed E-state index contributed by atoms with van der Waals surface area (Å²) in [6.45, 7) is 8.91. The second kappa shape index (κ2) is 14.1. The Morgan fingerprint density at radius 3 is 2.42 bits per heavy atom. The van der Waals surface area contributed by atoms with Crippen molar-refractivity contribution < 1.29 is 23.9 Å². The lowest BCUT2D eigenvalue weighted by Gasteiger charge is -2.45. The minimum absolute atomic E-state index is 0.0234. The fourth-order valence-electron chi connectivity index (χ4n) is 7.63. The molecule has 1 aromatic rings. The minimum Gasteiger partial charge on any atom is -0.444 e. The molecule has 1 aromatic carbocycles. The van der Waals surface area contributed by atoms with Crippen LogP contribution in [0.1, 0.15) is 103 Å². The number of hydrogen-bond acceptors (Lipinski definition) is 6. The van der Waals surface area contributed by atoms with E-state index in [0.29, 0.717) is 13.1 Å². The van der Waals surface area contributed by atoms with Crippen molar-refractivity contribution in [3.05, 3.63) is 35.4 Å². The number of nitrogens with one attached hydrogen (secondary N) is 2. The Hall–Kier alpha value is -3.14. The zero-order chi connectivity index (χ0) is 32.3. The molecule has 4 amide bonds. The Balaban J connectivity index is 1.36. The van der Waals surface area contributed by atoms with Crippen LogP contribution in [0.4, 0.5) is 4.79 Å². The van der Waals surface area contributed by atoms with Crippen LogP contribution in [0.3, 0.4) is 0 Å². The molecule has 0 aromatic heterocycles. The maximum Gasteiger partial charge on any atom is 0.410 e. The number of aryl methyl sites for hydroxylation is 1. The average molecular weight is 624 g/mol. The van der Waals surface area contributed by atoms with Gasteiger partial charge < -0.3 is 20.3 Å². The lowest BCUT2D eigenvalue weighted by molar-refractivity contribution is -0.150. The molecule has 2 aliphatic carbocycles. The molecule has 10 nitrogen and oxygen atoms in total. The van der Waals surface area contributed by atoms with E-state index in [1.807, 2.05) is 12.1 Å². The van der Waals surface area contributed by atoms with Crippen molar-refractivity contribution in [3.63, 3.8) is 0 Å². The van der Waals surface area contributed by atoms with Crippen molar-refractivity contribution in [1.29, 1.82) is 0 Å². The lowest BCUT2D eigenvalue weighted by Crippen LogP contribution is -2.66. The maximum atomic E-state index is 14.6. The Labute approximate surface area is 268 Å². The molecule has 0 unspecified atom stereocenters. The van der Waals surface area contributed by atoms with Crippen LogP contribution in [0.5, 0.6) is 0 Å². The van der Waals surface area contributed by atoms with Crippen molar-refractivity contribution in [2.45, 2.75) is 128 Å². The molecule has 0 bridgehead atoms. The number of ether oxygens (including phenoxy) is 1. The first-order valence-electron chi connectivity index (χ1n) is 17.1. The summed E-state index contributed by atoms with van der Waals surface area (Å²) in [7, 11) is 1.54. The normalized spacial score (nSPS) is 25.4. The predicted molar refractivity (Wildman–Crippen MR) is 172 cm³/mol. The summed E-state index contributed by atoms with van der Waals surface area (Å²) >= 11 is 0. The van der Waals surface area contributed by atoms with Crippen molar-refractivity contribution in [1.82, 2.24) is 25.3 Å². The third-order valence-corrected chi connectivity index (χ3v) is 10.3. The molecule has 5 rings (SSSR count). The van der Waals surface area contributed by atoms with Gasteiger partial charge >= 0.3 is 6.09 Å². The number of amides is 4. The van der Waals surface area contributed by atoms with Gasteiger partial charge in [0.05, 0.1) is 6.04 Å². The SMILES string of the molecule is C[C@@H](C(=O)N[C@H](C(=O)N1C[C@H]2CCCN2C[C@H]1C(=O)N[C@@H]1CCCc2ccccc21)C1CCCCC1)N(C)C(=O)OC(C)(C)C. The van der Waals surface area contributed by atoms with Crippen LogP contribution in [-0.2, 0) is 25.5 Å². The van der Waals surface area contributed by atoms with Gasteiger partial charge in [-0.25, -0.2) is 4.79 Å². The standard InChI is InChI=1S/C35H53N5O5/c1-23(38(5)34(44)45-35(2,3)4)31(41)37-30(25-14-7-6-8-15-25)33(43)40-21-26-17-12-20-39(26)22-29(40)32(42)36-28-19-11-16-24-13-9-10-18-27(24)28/h9-10,13,18,23,25-26,28-30H,6-8,11-12,14-17,19-22H2,1-5H3,(H,36,42)(H,37,41)/t23-,26+,28+,29-,30-/m0/s1. The fraction of sp³-hybridized carbons (Fsp3) is 0.714. The van der Waals surface area contributed by atoms with Crippen LogP contribution in [-0.4, -0.2) is 95.0 Å². The van der Waals surface area contributed by atoms with Crippen molar-refractivity contribution in [2.24, 2.45) is 5.92 Å². The Morgan fingerprint density at radius 1 is 0.956 bits per heavy atom. The average Bonchev–Trinajstić information content (AvgIpc) is 3.49. The van der Waals surface area contributed by atoms with Gasteiger partial charge in [-0.15, -0.1) is 0 Å². The van der Waals surface area contributed by atoms with E-state index >= 15 is 0 Å². The maximum absolute atomic E-state index is 14.6. The van der Waals surface area contributed by atoms with Gasteiger partial charge in [-0.05, 0) is 96.2 Å². The molecule has 2 aliphatic heterocycles. The van der Waals surface area contributed by atoms with Gasteiger partial charge in [-0.2, -0.15) is 0 Å². The zero-order valence-corrected chi connectivity index (χ0v) is 27.8. The quantitative estimate of drug-likeness (QED) is 0.472. The van der Waals surface area contributed by atoms with E-state index in [0.717, 1.165) is 70.8 Å². The Kier molecular flexibility index (Phi) is 10.4. The van der Waals surface area contributed by atoms with E-state index in [2.05, 4.69) is 27.7 Å². The van der Waals surface area contributed by atoms with E-state index in [1.54, 1.807) is 39.6 Å². The number of nitrogens with zero attached hydrogens (tertiary/aromatic N) is 3. The minimum atomic E-state index is -0.837. The summed E-state index contributed by atoms with van der Waals surface area (Å²) in [5, 5.41) is 6.40. The van der Waals surface area contributed by atoms with Crippen LogP contribution in [0.15, 0.2) is 24.3 Å². The van der Waals surface area contributed by atoms with E-state index in [4.69, 9.17) is 4.74 Å². The summed E-state index contributed by atoms with van der Waals surface area (Å²) in [5.41, 5.74) is 1.75. The highest BCUT2D eigenvalue weighted by Gasteiger charge is 2.46. The molecular weight excluding hydrogens is 570 g/mol. The Morgan fingerprint density at radius 2 is 1.69 bits per heavy atom. The summed E-state index contributed by atoms with van der Waals surface area (Å²) in [5.74, 6) is -0.725. The second-order valence-corrected chi connectivity index (χ2v) is 14.6. The number of rotatable bonds is 7. The fourth-order valence-corrected chi connectivity index (χ4v) is 7.63. The molecule has 2 heterocycles. The number of likely N-dealkylation sites (N-methyl/N-ethyl adjacent to an activating group) is 1. The number of carbonyl (C=O) groups excluding carboxylic acids is 4.